The van der Waals surface area contributed by atoms with Crippen LogP contribution in [0.4, 0.5) is 0 Å². The van der Waals surface area contributed by atoms with Crippen LogP contribution in [0, 0.1) is 0 Å². The molecule has 0 fully saturated rings. The lowest BCUT2D eigenvalue weighted by molar-refractivity contribution is 0.376. The van der Waals surface area contributed by atoms with Crippen molar-refractivity contribution in [3.8, 4) is 0 Å². The van der Waals surface area contributed by atoms with Crippen LogP contribution in [-0.4, -0.2) is 51.2 Å². The average molecular weight is 216 g/mol. The summed E-state index contributed by atoms with van der Waals surface area (Å²) in [6.07, 6.45) is 4.49. The quantitative estimate of drug-likeness (QED) is 0.449. The Hall–Kier alpha value is -0.160. The van der Waals surface area contributed by atoms with Crippen LogP contribution in [0.3, 0.4) is 0 Å². The van der Waals surface area contributed by atoms with E-state index in [1.54, 1.807) is 0 Å². The third-order valence-corrected chi connectivity index (χ3v) is 2.49. The first-order valence-electron chi connectivity index (χ1n) is 5.99. The molecule has 0 rings (SSSR count). The second-order valence-corrected chi connectivity index (χ2v) is 4.32. The first-order chi connectivity index (χ1) is 7.20. The highest BCUT2D eigenvalue weighted by atomic mass is 15.1. The van der Waals surface area contributed by atoms with Gasteiger partial charge in [0.05, 0.1) is 0 Å². The Morgan fingerprint density at radius 2 is 1.80 bits per heavy atom. The molecular formula is C11H28N4. The summed E-state index contributed by atoms with van der Waals surface area (Å²) >= 11 is 0. The molecule has 0 bridgehead atoms. The molecule has 0 heterocycles. The van der Waals surface area contributed by atoms with Crippen LogP contribution in [0.5, 0.6) is 0 Å². The summed E-state index contributed by atoms with van der Waals surface area (Å²) in [5, 5.41) is 3.55. The molecule has 15 heavy (non-hydrogen) atoms. The lowest BCUT2D eigenvalue weighted by Crippen LogP contribution is -2.33. The molecule has 1 atom stereocenters. The van der Waals surface area contributed by atoms with Gasteiger partial charge in [0.25, 0.3) is 0 Å². The van der Waals surface area contributed by atoms with Crippen molar-refractivity contribution in [1.82, 2.24) is 10.2 Å². The van der Waals surface area contributed by atoms with Crippen LogP contribution in [0.15, 0.2) is 0 Å². The van der Waals surface area contributed by atoms with Gasteiger partial charge in [-0.05, 0) is 66.0 Å². The Morgan fingerprint density at radius 1 is 1.07 bits per heavy atom. The molecule has 0 aliphatic heterocycles. The Balaban J connectivity index is 3.47. The largest absolute Gasteiger partial charge is 0.330 e. The highest BCUT2D eigenvalue weighted by Gasteiger charge is 2.05. The highest BCUT2D eigenvalue weighted by Crippen LogP contribution is 2.00. The Labute approximate surface area is 94.4 Å². The molecule has 0 aliphatic carbocycles. The highest BCUT2D eigenvalue weighted by molar-refractivity contribution is 4.67. The molecule has 0 aromatic heterocycles. The van der Waals surface area contributed by atoms with Gasteiger partial charge in [0.2, 0.25) is 0 Å². The van der Waals surface area contributed by atoms with Crippen molar-refractivity contribution in [3.63, 3.8) is 0 Å². The summed E-state index contributed by atoms with van der Waals surface area (Å²) in [4.78, 5) is 2.21. The van der Waals surface area contributed by atoms with Crippen LogP contribution in [0.2, 0.25) is 0 Å². The van der Waals surface area contributed by atoms with Crippen LogP contribution < -0.4 is 16.8 Å². The summed E-state index contributed by atoms with van der Waals surface area (Å²) in [6.45, 7) is 3.75. The zero-order chi connectivity index (χ0) is 11.5. The van der Waals surface area contributed by atoms with Crippen molar-refractivity contribution in [1.29, 1.82) is 0 Å². The molecule has 92 valence electrons. The molecule has 0 saturated heterocycles. The van der Waals surface area contributed by atoms with E-state index in [4.69, 9.17) is 11.5 Å². The minimum absolute atomic E-state index is 0.556. The summed E-state index contributed by atoms with van der Waals surface area (Å²) in [7, 11) is 4.21. The standard InChI is InChI=1S/C11H28N4/c1-15(2)10-4-9-14-11(6-8-13)5-3-7-12/h11,14H,3-10,12-13H2,1-2H3. The fraction of sp³-hybridized carbons (Fsp3) is 1.00. The van der Waals surface area contributed by atoms with Crippen molar-refractivity contribution in [3.05, 3.63) is 0 Å². The van der Waals surface area contributed by atoms with Crippen molar-refractivity contribution >= 4 is 0 Å². The number of nitrogens with zero attached hydrogens (tertiary/aromatic N) is 1. The lowest BCUT2D eigenvalue weighted by atomic mass is 10.1. The van der Waals surface area contributed by atoms with E-state index < -0.39 is 0 Å². The summed E-state index contributed by atoms with van der Waals surface area (Å²) in [6, 6.07) is 0.556. The van der Waals surface area contributed by atoms with Crippen molar-refractivity contribution in [2.75, 3.05) is 40.3 Å². The molecule has 0 saturated carbocycles. The molecule has 4 nitrogen and oxygen atoms in total. The van der Waals surface area contributed by atoms with Gasteiger partial charge < -0.3 is 21.7 Å². The van der Waals surface area contributed by atoms with Gasteiger partial charge in [0, 0.05) is 6.04 Å². The van der Waals surface area contributed by atoms with E-state index in [2.05, 4.69) is 24.3 Å². The molecule has 0 aromatic rings. The SMILES string of the molecule is CN(C)CCCNC(CCN)CCCN. The number of nitrogens with two attached hydrogens (primary N) is 2. The third kappa shape index (κ3) is 10.1. The maximum Gasteiger partial charge on any atom is 0.00795 e. The maximum absolute atomic E-state index is 5.57. The van der Waals surface area contributed by atoms with Crippen molar-refractivity contribution < 1.29 is 0 Å². The van der Waals surface area contributed by atoms with Gasteiger partial charge >= 0.3 is 0 Å². The first kappa shape index (κ1) is 14.8. The number of nitrogens with one attached hydrogen (secondary N) is 1. The summed E-state index contributed by atoms with van der Waals surface area (Å²) < 4.78 is 0. The molecule has 1 unspecified atom stereocenters. The van der Waals surface area contributed by atoms with E-state index in [-0.39, 0.29) is 0 Å². The molecular weight excluding hydrogens is 188 g/mol. The fourth-order valence-corrected chi connectivity index (χ4v) is 1.62. The third-order valence-electron chi connectivity index (χ3n) is 2.49. The van der Waals surface area contributed by atoms with Crippen molar-refractivity contribution in [2.45, 2.75) is 31.7 Å². The average Bonchev–Trinajstić information content (AvgIpc) is 2.20. The van der Waals surface area contributed by atoms with Crippen LogP contribution in [0.1, 0.15) is 25.7 Å². The minimum atomic E-state index is 0.556. The maximum atomic E-state index is 5.57. The lowest BCUT2D eigenvalue weighted by Gasteiger charge is -2.18. The predicted octanol–water partition coefficient (Wildman–Crippen LogP) is -0.0160. The monoisotopic (exact) mass is 216 g/mol. The second kappa shape index (κ2) is 10.4. The Bertz CT molecular complexity index is 128. The molecule has 0 aromatic carbocycles. The molecule has 0 amide bonds. The van der Waals surface area contributed by atoms with Crippen LogP contribution >= 0.6 is 0 Å². The van der Waals surface area contributed by atoms with Gasteiger partial charge in [-0.3, -0.25) is 0 Å². The summed E-state index contributed by atoms with van der Waals surface area (Å²) in [5.41, 5.74) is 11.1. The van der Waals surface area contributed by atoms with E-state index in [0.717, 1.165) is 45.4 Å². The van der Waals surface area contributed by atoms with Gasteiger partial charge in [-0.1, -0.05) is 0 Å². The Kier molecular flexibility index (Phi) is 10.3. The van der Waals surface area contributed by atoms with Gasteiger partial charge in [0.15, 0.2) is 0 Å². The number of rotatable bonds is 10. The van der Waals surface area contributed by atoms with Crippen LogP contribution in [0.25, 0.3) is 0 Å². The van der Waals surface area contributed by atoms with E-state index >= 15 is 0 Å². The van der Waals surface area contributed by atoms with Gasteiger partial charge in [0.1, 0.15) is 0 Å². The predicted molar refractivity (Wildman–Crippen MR) is 66.9 cm³/mol. The minimum Gasteiger partial charge on any atom is -0.330 e. The van der Waals surface area contributed by atoms with E-state index in [1.807, 2.05) is 0 Å². The van der Waals surface area contributed by atoms with Gasteiger partial charge in [-0.2, -0.15) is 0 Å². The normalized spacial score (nSPS) is 13.4. The van der Waals surface area contributed by atoms with E-state index in [0.29, 0.717) is 6.04 Å². The Morgan fingerprint density at radius 3 is 2.33 bits per heavy atom. The van der Waals surface area contributed by atoms with Crippen molar-refractivity contribution in [2.24, 2.45) is 11.5 Å². The van der Waals surface area contributed by atoms with E-state index in [9.17, 15) is 0 Å². The molecule has 5 N–H and O–H groups in total. The molecule has 0 spiro atoms. The molecule has 0 radical (unpaired) electrons. The van der Waals surface area contributed by atoms with E-state index in [1.165, 1.54) is 6.42 Å². The van der Waals surface area contributed by atoms with Gasteiger partial charge in [-0.25, -0.2) is 0 Å². The second-order valence-electron chi connectivity index (χ2n) is 4.32. The summed E-state index contributed by atoms with van der Waals surface area (Å²) in [5.74, 6) is 0. The smallest absolute Gasteiger partial charge is 0.00795 e. The zero-order valence-corrected chi connectivity index (χ0v) is 10.3. The van der Waals surface area contributed by atoms with Crippen LogP contribution in [-0.2, 0) is 0 Å². The molecule has 0 aliphatic rings. The molecule has 4 heteroatoms. The number of hydrogen-bond acceptors (Lipinski definition) is 4. The zero-order valence-electron chi connectivity index (χ0n) is 10.3. The topological polar surface area (TPSA) is 67.3 Å². The van der Waals surface area contributed by atoms with Gasteiger partial charge in [-0.15, -0.1) is 0 Å². The first-order valence-corrected chi connectivity index (χ1v) is 5.99. The fourth-order valence-electron chi connectivity index (χ4n) is 1.62. The number of hydrogen-bond donors (Lipinski definition) is 3.